The molecule has 2 aromatic carbocycles. The molecule has 2 aromatic rings. The molecule has 0 aliphatic heterocycles. The first-order valence-corrected chi connectivity index (χ1v) is 7.65. The van der Waals surface area contributed by atoms with Gasteiger partial charge in [-0.05, 0) is 55.3 Å². The van der Waals surface area contributed by atoms with Gasteiger partial charge in [0, 0.05) is 11.1 Å². The maximum atomic E-state index is 10.9. The van der Waals surface area contributed by atoms with Crippen molar-refractivity contribution >= 4 is 5.97 Å². The molecule has 0 amide bonds. The third-order valence-corrected chi connectivity index (χ3v) is 3.43. The second-order valence-corrected chi connectivity index (χ2v) is 5.35. The van der Waals surface area contributed by atoms with Gasteiger partial charge in [-0.2, -0.15) is 0 Å². The van der Waals surface area contributed by atoms with Crippen molar-refractivity contribution in [2.24, 2.45) is 5.92 Å². The summed E-state index contributed by atoms with van der Waals surface area (Å²) in [5.41, 5.74) is 2.84. The molecule has 0 heterocycles. The van der Waals surface area contributed by atoms with Crippen LogP contribution in [0.25, 0.3) is 0 Å². The summed E-state index contributed by atoms with van der Waals surface area (Å²) < 4.78 is 5.40. The molecule has 0 spiro atoms. The molecule has 118 valence electrons. The van der Waals surface area contributed by atoms with Gasteiger partial charge >= 0.3 is 5.97 Å². The van der Waals surface area contributed by atoms with E-state index in [0.717, 1.165) is 22.4 Å². The van der Waals surface area contributed by atoms with Crippen LogP contribution in [0.5, 0.6) is 5.75 Å². The van der Waals surface area contributed by atoms with Crippen LogP contribution in [0.15, 0.2) is 48.5 Å². The number of hydrogen-bond donors (Lipinski definition) is 1. The van der Waals surface area contributed by atoms with Crippen molar-refractivity contribution in [3.05, 3.63) is 65.2 Å². The zero-order chi connectivity index (χ0) is 16.7. The minimum absolute atomic E-state index is 0.379. The molecule has 0 unspecified atom stereocenters. The fourth-order valence-corrected chi connectivity index (χ4v) is 2.11. The van der Waals surface area contributed by atoms with Crippen molar-refractivity contribution in [1.29, 1.82) is 0 Å². The highest BCUT2D eigenvalue weighted by atomic mass is 16.5. The Balaban J connectivity index is 2.02. The van der Waals surface area contributed by atoms with E-state index in [2.05, 4.69) is 11.8 Å². The third kappa shape index (κ3) is 5.19. The van der Waals surface area contributed by atoms with E-state index in [1.165, 1.54) is 0 Å². The highest BCUT2D eigenvalue weighted by Gasteiger charge is 2.10. The number of carboxylic acid groups (broad SMARTS) is 1. The Hall–Kier alpha value is -2.73. The molecule has 0 radical (unpaired) electrons. The predicted octanol–water partition coefficient (Wildman–Crippen LogP) is 3.75. The molecule has 0 aromatic heterocycles. The molecule has 1 N–H and O–H groups in total. The van der Waals surface area contributed by atoms with Gasteiger partial charge in [-0.1, -0.05) is 30.9 Å². The second-order valence-electron chi connectivity index (χ2n) is 5.35. The monoisotopic (exact) mass is 308 g/mol. The summed E-state index contributed by atoms with van der Waals surface area (Å²) in [4.78, 5) is 10.9. The average Bonchev–Trinajstić information content (AvgIpc) is 2.55. The first kappa shape index (κ1) is 16.6. The molecule has 0 aliphatic rings. The maximum Gasteiger partial charge on any atom is 0.306 e. The SMILES string of the molecule is CCOc1ccc(C#Cc2ccc(C[C@H](C)C(=O)O)cc2)cc1. The van der Waals surface area contributed by atoms with Crippen LogP contribution in [0.1, 0.15) is 30.5 Å². The summed E-state index contributed by atoms with van der Waals surface area (Å²) in [6.07, 6.45) is 0.530. The molecule has 0 fully saturated rings. The Morgan fingerprint density at radius 2 is 1.57 bits per heavy atom. The Morgan fingerprint density at radius 3 is 2.04 bits per heavy atom. The van der Waals surface area contributed by atoms with Crippen LogP contribution in [0.2, 0.25) is 0 Å². The van der Waals surface area contributed by atoms with E-state index in [4.69, 9.17) is 9.84 Å². The number of aliphatic carboxylic acids is 1. The van der Waals surface area contributed by atoms with Crippen molar-refractivity contribution in [1.82, 2.24) is 0 Å². The van der Waals surface area contributed by atoms with Crippen LogP contribution < -0.4 is 4.74 Å². The van der Waals surface area contributed by atoms with E-state index in [1.54, 1.807) is 6.92 Å². The first-order valence-electron chi connectivity index (χ1n) is 7.65. The van der Waals surface area contributed by atoms with Crippen molar-refractivity contribution in [3.63, 3.8) is 0 Å². The quantitative estimate of drug-likeness (QED) is 0.856. The number of hydrogen-bond acceptors (Lipinski definition) is 2. The zero-order valence-electron chi connectivity index (χ0n) is 13.4. The van der Waals surface area contributed by atoms with E-state index < -0.39 is 5.97 Å². The summed E-state index contributed by atoms with van der Waals surface area (Å²) in [7, 11) is 0. The standard InChI is InChI=1S/C20H20O3/c1-3-23-19-12-10-17(11-13-19)5-4-16-6-8-18(9-7-16)14-15(2)20(21)22/h6-13,15H,3,14H2,1-2H3,(H,21,22)/t15-/m0/s1. The number of benzene rings is 2. The lowest BCUT2D eigenvalue weighted by molar-refractivity contribution is -0.141. The van der Waals surface area contributed by atoms with Crippen LogP contribution in [-0.4, -0.2) is 17.7 Å². The predicted molar refractivity (Wildman–Crippen MR) is 90.5 cm³/mol. The second kappa shape index (κ2) is 8.05. The van der Waals surface area contributed by atoms with Gasteiger partial charge in [0.15, 0.2) is 0 Å². The topological polar surface area (TPSA) is 46.5 Å². The molecule has 1 atom stereocenters. The first-order chi connectivity index (χ1) is 11.1. The van der Waals surface area contributed by atoms with Crippen LogP contribution >= 0.6 is 0 Å². The van der Waals surface area contributed by atoms with Crippen LogP contribution in [0, 0.1) is 17.8 Å². The lowest BCUT2D eigenvalue weighted by atomic mass is 10.0. The van der Waals surface area contributed by atoms with E-state index in [0.29, 0.717) is 13.0 Å². The minimum atomic E-state index is -0.774. The molecule has 0 saturated heterocycles. The van der Waals surface area contributed by atoms with E-state index >= 15 is 0 Å². The van der Waals surface area contributed by atoms with Crippen molar-refractivity contribution in [2.75, 3.05) is 6.61 Å². The molecular formula is C20H20O3. The fourth-order valence-electron chi connectivity index (χ4n) is 2.11. The third-order valence-electron chi connectivity index (χ3n) is 3.43. The molecule has 0 bridgehead atoms. The lowest BCUT2D eigenvalue weighted by Crippen LogP contribution is -2.12. The molecule has 3 nitrogen and oxygen atoms in total. The summed E-state index contributed by atoms with van der Waals surface area (Å²) >= 11 is 0. The van der Waals surface area contributed by atoms with Gasteiger partial charge in [0.1, 0.15) is 5.75 Å². The van der Waals surface area contributed by atoms with Crippen molar-refractivity contribution in [3.8, 4) is 17.6 Å². The van der Waals surface area contributed by atoms with Gasteiger partial charge in [0.25, 0.3) is 0 Å². The largest absolute Gasteiger partial charge is 0.494 e. The zero-order valence-corrected chi connectivity index (χ0v) is 13.4. The number of carboxylic acids is 1. The van der Waals surface area contributed by atoms with Gasteiger partial charge in [-0.15, -0.1) is 0 Å². The molecule has 0 saturated carbocycles. The number of carbonyl (C=O) groups is 1. The summed E-state index contributed by atoms with van der Waals surface area (Å²) in [5, 5.41) is 8.93. The Bertz CT molecular complexity index is 703. The minimum Gasteiger partial charge on any atom is -0.494 e. The van der Waals surface area contributed by atoms with Crippen molar-refractivity contribution in [2.45, 2.75) is 20.3 Å². The molecule has 3 heteroatoms. The summed E-state index contributed by atoms with van der Waals surface area (Å²) in [6, 6.07) is 15.4. The smallest absolute Gasteiger partial charge is 0.306 e. The van der Waals surface area contributed by atoms with E-state index in [1.807, 2.05) is 55.5 Å². The lowest BCUT2D eigenvalue weighted by Gasteiger charge is -2.05. The molecule has 0 aliphatic carbocycles. The highest BCUT2D eigenvalue weighted by molar-refractivity contribution is 5.69. The number of ether oxygens (including phenoxy) is 1. The highest BCUT2D eigenvalue weighted by Crippen LogP contribution is 2.12. The van der Waals surface area contributed by atoms with Gasteiger partial charge < -0.3 is 9.84 Å². The van der Waals surface area contributed by atoms with E-state index in [-0.39, 0.29) is 5.92 Å². The van der Waals surface area contributed by atoms with Crippen LogP contribution in [0.4, 0.5) is 0 Å². The Morgan fingerprint density at radius 1 is 1.04 bits per heavy atom. The van der Waals surface area contributed by atoms with Gasteiger partial charge in [0.05, 0.1) is 12.5 Å². The van der Waals surface area contributed by atoms with Gasteiger partial charge in [0.2, 0.25) is 0 Å². The normalized spacial score (nSPS) is 11.2. The number of rotatable bonds is 5. The Kier molecular flexibility index (Phi) is 5.82. The fraction of sp³-hybridized carbons (Fsp3) is 0.250. The van der Waals surface area contributed by atoms with Crippen molar-refractivity contribution < 1.29 is 14.6 Å². The van der Waals surface area contributed by atoms with Crippen LogP contribution in [-0.2, 0) is 11.2 Å². The summed E-state index contributed by atoms with van der Waals surface area (Å²) in [5.74, 6) is 5.91. The molecule has 2 rings (SSSR count). The summed E-state index contributed by atoms with van der Waals surface area (Å²) in [6.45, 7) is 4.31. The molecule has 23 heavy (non-hydrogen) atoms. The average molecular weight is 308 g/mol. The van der Waals surface area contributed by atoms with E-state index in [9.17, 15) is 4.79 Å². The van der Waals surface area contributed by atoms with Crippen LogP contribution in [0.3, 0.4) is 0 Å². The van der Waals surface area contributed by atoms with Gasteiger partial charge in [-0.25, -0.2) is 0 Å². The molecular weight excluding hydrogens is 288 g/mol. The maximum absolute atomic E-state index is 10.9. The van der Waals surface area contributed by atoms with Gasteiger partial charge in [-0.3, -0.25) is 4.79 Å². The Labute approximate surface area is 136 Å².